The van der Waals surface area contributed by atoms with Gasteiger partial charge in [-0.15, -0.1) is 0 Å². The molecule has 3 aromatic rings. The number of hydrogen-bond acceptors (Lipinski definition) is 4. The normalized spacial score (nSPS) is 17.1. The summed E-state index contributed by atoms with van der Waals surface area (Å²) >= 11 is 0. The van der Waals surface area contributed by atoms with Crippen molar-refractivity contribution in [3.63, 3.8) is 0 Å². The van der Waals surface area contributed by atoms with Crippen LogP contribution < -0.4 is 4.90 Å². The third-order valence-electron chi connectivity index (χ3n) is 6.48. The van der Waals surface area contributed by atoms with Crippen LogP contribution in [0.1, 0.15) is 36.6 Å². The maximum atomic E-state index is 13.3. The van der Waals surface area contributed by atoms with Crippen molar-refractivity contribution in [3.8, 4) is 0 Å². The maximum absolute atomic E-state index is 13.3. The lowest BCUT2D eigenvalue weighted by atomic mass is 9.99. The second-order valence-electron chi connectivity index (χ2n) is 8.53. The molecule has 1 spiro atoms. The zero-order chi connectivity index (χ0) is 21.1. The van der Waals surface area contributed by atoms with Crippen molar-refractivity contribution in [2.24, 2.45) is 0 Å². The van der Waals surface area contributed by atoms with Crippen molar-refractivity contribution in [2.75, 3.05) is 16.9 Å². The van der Waals surface area contributed by atoms with E-state index in [1.807, 2.05) is 11.0 Å². The van der Waals surface area contributed by atoms with E-state index >= 15 is 0 Å². The highest BCUT2D eigenvalue weighted by Gasteiger charge is 2.59. The Morgan fingerprint density at radius 2 is 1.97 bits per heavy atom. The summed E-state index contributed by atoms with van der Waals surface area (Å²) in [5.74, 6) is 0.203. The summed E-state index contributed by atoms with van der Waals surface area (Å²) in [5.41, 5.74) is 4.78. The van der Waals surface area contributed by atoms with Gasteiger partial charge in [0.05, 0.1) is 29.6 Å². The van der Waals surface area contributed by atoms with Gasteiger partial charge in [0.2, 0.25) is 5.91 Å². The highest BCUT2D eigenvalue weighted by atomic mass is 32.2. The van der Waals surface area contributed by atoms with Crippen LogP contribution in [0.4, 0.5) is 5.69 Å². The summed E-state index contributed by atoms with van der Waals surface area (Å²) in [6.45, 7) is 2.90. The molecule has 0 radical (unpaired) electrons. The van der Waals surface area contributed by atoms with Crippen LogP contribution in [0.2, 0.25) is 0 Å². The van der Waals surface area contributed by atoms with Gasteiger partial charge in [0.1, 0.15) is 9.84 Å². The number of carbonyl (C=O) groups excluding carboxylic acids is 1. The number of aromatic nitrogens is 2. The molecule has 0 saturated heterocycles. The Bertz CT molecular complexity index is 1270. The number of rotatable bonds is 6. The van der Waals surface area contributed by atoms with E-state index in [4.69, 9.17) is 0 Å². The van der Waals surface area contributed by atoms with Crippen molar-refractivity contribution < 1.29 is 13.2 Å². The van der Waals surface area contributed by atoms with Gasteiger partial charge < -0.3 is 9.47 Å². The summed E-state index contributed by atoms with van der Waals surface area (Å²) in [6.07, 6.45) is 7.50. The summed E-state index contributed by atoms with van der Waals surface area (Å²) < 4.78 is 25.7. The average molecular weight is 424 g/mol. The van der Waals surface area contributed by atoms with Gasteiger partial charge in [-0.3, -0.25) is 9.78 Å². The molecule has 0 N–H and O–H groups in total. The Balaban J connectivity index is 1.57. The molecule has 2 aromatic heterocycles. The lowest BCUT2D eigenvalue weighted by Gasteiger charge is -2.19. The summed E-state index contributed by atoms with van der Waals surface area (Å²) in [5, 5.41) is 1.08. The molecule has 30 heavy (non-hydrogen) atoms. The van der Waals surface area contributed by atoms with Crippen LogP contribution >= 0.6 is 0 Å². The third kappa shape index (κ3) is 3.03. The average Bonchev–Trinajstić information content (AvgIpc) is 3.41. The monoisotopic (exact) mass is 423 g/mol. The molecule has 1 aliphatic carbocycles. The van der Waals surface area contributed by atoms with Crippen molar-refractivity contribution in [1.82, 2.24) is 9.55 Å². The van der Waals surface area contributed by atoms with Crippen molar-refractivity contribution in [3.05, 3.63) is 59.5 Å². The first-order valence-corrected chi connectivity index (χ1v) is 12.4. The standard InChI is InChI=1S/C23H25N3O3S/c1-3-16-4-5-20-17(12-16)13-18(25(20)10-11-30(2,28)29)15-26-21-14-24-9-6-19(21)23(7-8-23)22(26)27/h4-6,9,12-14H,3,7-8,10-11,15H2,1-2H3. The Kier molecular flexibility index (Phi) is 4.29. The molecule has 5 rings (SSSR count). The van der Waals surface area contributed by atoms with Crippen LogP contribution in [-0.4, -0.2) is 35.9 Å². The Labute approximate surface area is 176 Å². The number of fused-ring (bicyclic) bond motifs is 3. The Morgan fingerprint density at radius 1 is 1.17 bits per heavy atom. The smallest absolute Gasteiger partial charge is 0.238 e. The molecule has 0 atom stereocenters. The van der Waals surface area contributed by atoms with Gasteiger partial charge in [-0.2, -0.15) is 0 Å². The van der Waals surface area contributed by atoms with Crippen LogP contribution in [0.25, 0.3) is 10.9 Å². The molecule has 1 aromatic carbocycles. The van der Waals surface area contributed by atoms with Crippen LogP contribution in [0.15, 0.2) is 42.7 Å². The van der Waals surface area contributed by atoms with Gasteiger partial charge >= 0.3 is 0 Å². The predicted molar refractivity (Wildman–Crippen MR) is 117 cm³/mol. The van der Waals surface area contributed by atoms with E-state index in [2.05, 4.69) is 40.7 Å². The number of pyridine rings is 1. The SMILES string of the molecule is CCc1ccc2c(c1)cc(CN1C(=O)C3(CC3)c3ccncc31)n2CCS(C)(=O)=O. The molecule has 0 unspecified atom stereocenters. The first kappa shape index (κ1) is 19.3. The van der Waals surface area contributed by atoms with E-state index < -0.39 is 9.84 Å². The number of hydrogen-bond donors (Lipinski definition) is 0. The topological polar surface area (TPSA) is 72.3 Å². The Morgan fingerprint density at radius 3 is 2.67 bits per heavy atom. The van der Waals surface area contributed by atoms with Gasteiger partial charge in [0.25, 0.3) is 0 Å². The minimum absolute atomic E-state index is 0.0648. The molecular weight excluding hydrogens is 398 g/mol. The fraction of sp³-hybridized carbons (Fsp3) is 0.391. The zero-order valence-corrected chi connectivity index (χ0v) is 18.1. The lowest BCUT2D eigenvalue weighted by Crippen LogP contribution is -2.32. The second kappa shape index (κ2) is 6.67. The minimum Gasteiger partial charge on any atom is -0.342 e. The largest absolute Gasteiger partial charge is 0.342 e. The van der Waals surface area contributed by atoms with Crippen LogP contribution in [-0.2, 0) is 39.6 Å². The first-order chi connectivity index (χ1) is 14.3. The number of nitrogens with zero attached hydrogens (tertiary/aromatic N) is 3. The fourth-order valence-electron chi connectivity index (χ4n) is 4.67. The second-order valence-corrected chi connectivity index (χ2v) is 10.8. The van der Waals surface area contributed by atoms with E-state index in [0.29, 0.717) is 13.1 Å². The summed E-state index contributed by atoms with van der Waals surface area (Å²) in [7, 11) is -3.11. The van der Waals surface area contributed by atoms with E-state index in [1.54, 1.807) is 12.4 Å². The number of sulfone groups is 1. The number of aryl methyl sites for hydroxylation is 2. The molecule has 1 aliphatic heterocycles. The van der Waals surface area contributed by atoms with Gasteiger partial charge in [0.15, 0.2) is 0 Å². The highest BCUT2D eigenvalue weighted by molar-refractivity contribution is 7.90. The van der Waals surface area contributed by atoms with Crippen molar-refractivity contribution in [1.29, 1.82) is 0 Å². The van der Waals surface area contributed by atoms with E-state index in [9.17, 15) is 13.2 Å². The van der Waals surface area contributed by atoms with E-state index in [1.165, 1.54) is 11.8 Å². The lowest BCUT2D eigenvalue weighted by molar-refractivity contribution is -0.120. The van der Waals surface area contributed by atoms with E-state index in [0.717, 1.165) is 47.1 Å². The van der Waals surface area contributed by atoms with Crippen molar-refractivity contribution >= 4 is 32.3 Å². The highest BCUT2D eigenvalue weighted by Crippen LogP contribution is 2.57. The number of amides is 1. The molecule has 2 aliphatic rings. The molecule has 156 valence electrons. The third-order valence-corrected chi connectivity index (χ3v) is 7.40. The van der Waals surface area contributed by atoms with Gasteiger partial charge in [-0.1, -0.05) is 13.0 Å². The predicted octanol–water partition coefficient (Wildman–Crippen LogP) is 3.22. The van der Waals surface area contributed by atoms with E-state index in [-0.39, 0.29) is 17.1 Å². The molecule has 3 heterocycles. The van der Waals surface area contributed by atoms with Crippen molar-refractivity contribution in [2.45, 2.75) is 44.7 Å². The molecule has 0 bridgehead atoms. The molecule has 7 heteroatoms. The molecule has 1 fully saturated rings. The maximum Gasteiger partial charge on any atom is 0.238 e. The van der Waals surface area contributed by atoms with Crippen LogP contribution in [0.5, 0.6) is 0 Å². The van der Waals surface area contributed by atoms with Crippen LogP contribution in [0.3, 0.4) is 0 Å². The first-order valence-electron chi connectivity index (χ1n) is 10.4. The zero-order valence-electron chi connectivity index (χ0n) is 17.3. The fourth-order valence-corrected chi connectivity index (χ4v) is 5.18. The van der Waals surface area contributed by atoms with Crippen LogP contribution in [0, 0.1) is 0 Å². The molecular formula is C23H25N3O3S. The molecule has 1 amide bonds. The number of anilines is 1. The summed E-state index contributed by atoms with van der Waals surface area (Å²) in [6, 6.07) is 10.4. The molecule has 1 saturated carbocycles. The minimum atomic E-state index is -3.11. The van der Waals surface area contributed by atoms with Gasteiger partial charge in [-0.25, -0.2) is 8.42 Å². The molecule has 6 nitrogen and oxygen atoms in total. The Hall–Kier alpha value is -2.67. The number of benzene rings is 1. The summed E-state index contributed by atoms with van der Waals surface area (Å²) in [4.78, 5) is 19.4. The van der Waals surface area contributed by atoms with Gasteiger partial charge in [0, 0.05) is 35.6 Å². The van der Waals surface area contributed by atoms with Gasteiger partial charge in [-0.05, 0) is 54.7 Å². The number of carbonyl (C=O) groups is 1. The quantitative estimate of drug-likeness (QED) is 0.610.